The van der Waals surface area contributed by atoms with Gasteiger partial charge in [0.15, 0.2) is 0 Å². The standard InChI is InChI=1S/C14H17N3/c1-12-5-3-7-14(9-12)17-11-13(10-16-17)6-4-8-15-2/h3-7,9-11,15H,8H2,1-2H3. The Kier molecular flexibility index (Phi) is 3.73. The first-order chi connectivity index (χ1) is 8.29. The van der Waals surface area contributed by atoms with Crippen LogP contribution in [-0.2, 0) is 0 Å². The fourth-order valence-electron chi connectivity index (χ4n) is 1.65. The number of likely N-dealkylation sites (N-methyl/N-ethyl adjacent to an activating group) is 1. The van der Waals surface area contributed by atoms with E-state index in [0.29, 0.717) is 0 Å². The van der Waals surface area contributed by atoms with E-state index in [0.717, 1.165) is 17.8 Å². The molecule has 0 saturated heterocycles. The predicted octanol–water partition coefficient (Wildman–Crippen LogP) is 2.41. The number of nitrogens with zero attached hydrogens (tertiary/aromatic N) is 2. The molecular formula is C14H17N3. The van der Waals surface area contributed by atoms with Crippen molar-refractivity contribution in [1.82, 2.24) is 15.1 Å². The van der Waals surface area contributed by atoms with Crippen LogP contribution in [0.25, 0.3) is 11.8 Å². The molecular weight excluding hydrogens is 210 g/mol. The normalized spacial score (nSPS) is 11.2. The van der Waals surface area contributed by atoms with Crippen molar-refractivity contribution in [3.63, 3.8) is 0 Å². The lowest BCUT2D eigenvalue weighted by molar-refractivity contribution is 0.879. The Bertz CT molecular complexity index is 512. The van der Waals surface area contributed by atoms with Gasteiger partial charge in [0.25, 0.3) is 0 Å². The van der Waals surface area contributed by atoms with E-state index in [1.807, 2.05) is 30.2 Å². The van der Waals surface area contributed by atoms with Crippen LogP contribution in [0.5, 0.6) is 0 Å². The molecule has 2 rings (SSSR count). The largest absolute Gasteiger partial charge is 0.316 e. The molecule has 0 unspecified atom stereocenters. The minimum atomic E-state index is 0.871. The van der Waals surface area contributed by atoms with Gasteiger partial charge in [-0.05, 0) is 31.7 Å². The van der Waals surface area contributed by atoms with Crippen LogP contribution < -0.4 is 5.32 Å². The molecule has 0 fully saturated rings. The molecule has 1 aromatic carbocycles. The molecule has 1 aromatic heterocycles. The first-order valence-corrected chi connectivity index (χ1v) is 5.72. The highest BCUT2D eigenvalue weighted by Gasteiger charge is 1.98. The van der Waals surface area contributed by atoms with E-state index in [9.17, 15) is 0 Å². The monoisotopic (exact) mass is 227 g/mol. The van der Waals surface area contributed by atoms with E-state index in [1.54, 1.807) is 0 Å². The molecule has 0 aliphatic carbocycles. The smallest absolute Gasteiger partial charge is 0.0648 e. The summed E-state index contributed by atoms with van der Waals surface area (Å²) >= 11 is 0. The van der Waals surface area contributed by atoms with Crippen molar-refractivity contribution in [2.75, 3.05) is 13.6 Å². The van der Waals surface area contributed by atoms with Crippen LogP contribution in [0.3, 0.4) is 0 Å². The third-order valence-electron chi connectivity index (χ3n) is 2.50. The maximum absolute atomic E-state index is 4.35. The first kappa shape index (κ1) is 11.6. The van der Waals surface area contributed by atoms with Crippen molar-refractivity contribution in [3.8, 4) is 5.69 Å². The summed E-state index contributed by atoms with van der Waals surface area (Å²) in [4.78, 5) is 0. The number of hydrogen-bond donors (Lipinski definition) is 1. The van der Waals surface area contributed by atoms with Gasteiger partial charge in [-0.25, -0.2) is 4.68 Å². The van der Waals surface area contributed by atoms with Gasteiger partial charge in [0, 0.05) is 18.3 Å². The maximum Gasteiger partial charge on any atom is 0.0648 e. The third-order valence-corrected chi connectivity index (χ3v) is 2.50. The molecule has 0 bridgehead atoms. The highest BCUT2D eigenvalue weighted by Crippen LogP contribution is 2.10. The number of aryl methyl sites for hydroxylation is 1. The Balaban J connectivity index is 2.18. The second-order valence-corrected chi connectivity index (χ2v) is 4.02. The molecule has 1 heterocycles. The Morgan fingerprint density at radius 2 is 2.29 bits per heavy atom. The van der Waals surface area contributed by atoms with Crippen molar-refractivity contribution in [1.29, 1.82) is 0 Å². The highest BCUT2D eigenvalue weighted by atomic mass is 15.3. The van der Waals surface area contributed by atoms with Crippen LogP contribution in [0.15, 0.2) is 42.7 Å². The molecule has 1 N–H and O–H groups in total. The van der Waals surface area contributed by atoms with Crippen LogP contribution in [0, 0.1) is 6.92 Å². The Morgan fingerprint density at radius 1 is 1.41 bits per heavy atom. The predicted molar refractivity (Wildman–Crippen MR) is 71.3 cm³/mol. The SMILES string of the molecule is CNCC=Cc1cnn(-c2cccc(C)c2)c1. The molecule has 3 heteroatoms. The average Bonchev–Trinajstić information content (AvgIpc) is 2.78. The van der Waals surface area contributed by atoms with Crippen molar-refractivity contribution in [3.05, 3.63) is 53.9 Å². The van der Waals surface area contributed by atoms with E-state index in [2.05, 4.69) is 47.7 Å². The Morgan fingerprint density at radius 3 is 3.06 bits per heavy atom. The first-order valence-electron chi connectivity index (χ1n) is 5.72. The summed E-state index contributed by atoms with van der Waals surface area (Å²) in [6, 6.07) is 8.30. The second-order valence-electron chi connectivity index (χ2n) is 4.02. The topological polar surface area (TPSA) is 29.9 Å². The van der Waals surface area contributed by atoms with Gasteiger partial charge in [0.1, 0.15) is 0 Å². The number of hydrogen-bond acceptors (Lipinski definition) is 2. The molecule has 0 aliphatic rings. The number of rotatable bonds is 4. The minimum Gasteiger partial charge on any atom is -0.316 e. The summed E-state index contributed by atoms with van der Waals surface area (Å²) in [6.45, 7) is 2.95. The fourth-order valence-corrected chi connectivity index (χ4v) is 1.65. The summed E-state index contributed by atoms with van der Waals surface area (Å²) in [6.07, 6.45) is 8.04. The quantitative estimate of drug-likeness (QED) is 0.869. The lowest BCUT2D eigenvalue weighted by atomic mass is 10.2. The molecule has 3 nitrogen and oxygen atoms in total. The fraction of sp³-hybridized carbons (Fsp3) is 0.214. The van der Waals surface area contributed by atoms with Crippen LogP contribution in [-0.4, -0.2) is 23.4 Å². The van der Waals surface area contributed by atoms with Crippen molar-refractivity contribution < 1.29 is 0 Å². The molecule has 0 atom stereocenters. The van der Waals surface area contributed by atoms with Crippen LogP contribution >= 0.6 is 0 Å². The highest BCUT2D eigenvalue weighted by molar-refractivity contribution is 5.48. The van der Waals surface area contributed by atoms with Gasteiger partial charge in [0.2, 0.25) is 0 Å². The number of benzene rings is 1. The number of nitrogens with one attached hydrogen (secondary N) is 1. The van der Waals surface area contributed by atoms with E-state index < -0.39 is 0 Å². The Labute approximate surface area is 102 Å². The van der Waals surface area contributed by atoms with E-state index >= 15 is 0 Å². The summed E-state index contributed by atoms with van der Waals surface area (Å²) < 4.78 is 1.89. The van der Waals surface area contributed by atoms with Gasteiger partial charge in [0.05, 0.1) is 11.9 Å². The van der Waals surface area contributed by atoms with Crippen LogP contribution in [0.4, 0.5) is 0 Å². The Hall–Kier alpha value is -1.87. The maximum atomic E-state index is 4.35. The van der Waals surface area contributed by atoms with E-state index in [-0.39, 0.29) is 0 Å². The van der Waals surface area contributed by atoms with Crippen LogP contribution in [0.2, 0.25) is 0 Å². The van der Waals surface area contributed by atoms with Crippen molar-refractivity contribution in [2.45, 2.75) is 6.92 Å². The van der Waals surface area contributed by atoms with Gasteiger partial charge in [-0.1, -0.05) is 24.3 Å². The number of aromatic nitrogens is 2. The van der Waals surface area contributed by atoms with Gasteiger partial charge in [-0.2, -0.15) is 5.10 Å². The molecule has 0 saturated carbocycles. The molecule has 88 valence electrons. The van der Waals surface area contributed by atoms with Gasteiger partial charge in [-0.3, -0.25) is 0 Å². The zero-order valence-corrected chi connectivity index (χ0v) is 10.2. The molecule has 0 aliphatic heterocycles. The second kappa shape index (κ2) is 5.46. The van der Waals surface area contributed by atoms with E-state index in [4.69, 9.17) is 0 Å². The summed E-state index contributed by atoms with van der Waals surface area (Å²) in [5.74, 6) is 0. The van der Waals surface area contributed by atoms with Gasteiger partial charge >= 0.3 is 0 Å². The minimum absolute atomic E-state index is 0.871. The average molecular weight is 227 g/mol. The van der Waals surface area contributed by atoms with Gasteiger partial charge in [-0.15, -0.1) is 0 Å². The van der Waals surface area contributed by atoms with E-state index in [1.165, 1.54) is 5.56 Å². The molecule has 0 amide bonds. The lowest BCUT2D eigenvalue weighted by Gasteiger charge is -2.01. The zero-order chi connectivity index (χ0) is 12.1. The lowest BCUT2D eigenvalue weighted by Crippen LogP contribution is -2.03. The molecule has 0 spiro atoms. The van der Waals surface area contributed by atoms with Crippen molar-refractivity contribution in [2.24, 2.45) is 0 Å². The van der Waals surface area contributed by atoms with Gasteiger partial charge < -0.3 is 5.32 Å². The molecule has 0 radical (unpaired) electrons. The zero-order valence-electron chi connectivity index (χ0n) is 10.2. The summed E-state index contributed by atoms with van der Waals surface area (Å²) in [7, 11) is 1.93. The van der Waals surface area contributed by atoms with Crippen LogP contribution in [0.1, 0.15) is 11.1 Å². The van der Waals surface area contributed by atoms with Crippen molar-refractivity contribution >= 4 is 6.08 Å². The summed E-state index contributed by atoms with van der Waals surface area (Å²) in [5, 5.41) is 7.42. The summed E-state index contributed by atoms with van der Waals surface area (Å²) in [5.41, 5.74) is 3.45. The third kappa shape index (κ3) is 3.04. The molecule has 17 heavy (non-hydrogen) atoms. The molecule has 2 aromatic rings.